The zero-order valence-electron chi connectivity index (χ0n) is 15.2. The van der Waals surface area contributed by atoms with Crippen molar-refractivity contribution in [2.45, 2.75) is 44.6 Å². The maximum Gasteiger partial charge on any atom is 0.123 e. The molecule has 0 saturated carbocycles. The maximum absolute atomic E-state index is 13.3. The Bertz CT molecular complexity index is 780. The van der Waals surface area contributed by atoms with Gasteiger partial charge in [0.1, 0.15) is 12.1 Å². The number of carbonyl (C=O) groups is 1. The van der Waals surface area contributed by atoms with Gasteiger partial charge in [-0.25, -0.2) is 4.39 Å². The van der Waals surface area contributed by atoms with Gasteiger partial charge in [-0.05, 0) is 86.0 Å². The van der Waals surface area contributed by atoms with Gasteiger partial charge in [0, 0.05) is 12.0 Å². The van der Waals surface area contributed by atoms with Gasteiger partial charge in [0.15, 0.2) is 0 Å². The number of fused-ring (bicyclic) bond motifs is 1. The van der Waals surface area contributed by atoms with Crippen molar-refractivity contribution >= 4 is 6.29 Å². The fourth-order valence-corrected chi connectivity index (χ4v) is 4.53. The van der Waals surface area contributed by atoms with Crippen molar-refractivity contribution in [2.24, 2.45) is 5.92 Å². The summed E-state index contributed by atoms with van der Waals surface area (Å²) in [4.78, 5) is 13.5. The molecule has 26 heavy (non-hydrogen) atoms. The van der Waals surface area contributed by atoms with Gasteiger partial charge in [-0.2, -0.15) is 0 Å². The van der Waals surface area contributed by atoms with Gasteiger partial charge in [-0.3, -0.25) is 4.90 Å². The van der Waals surface area contributed by atoms with Crippen molar-refractivity contribution in [1.29, 1.82) is 0 Å². The molecule has 0 aromatic heterocycles. The monoisotopic (exact) mass is 351 g/mol. The highest BCUT2D eigenvalue weighted by molar-refractivity contribution is 5.53. The average molecular weight is 351 g/mol. The summed E-state index contributed by atoms with van der Waals surface area (Å²) in [5.74, 6) is 0.106. The molecule has 136 valence electrons. The molecule has 0 N–H and O–H groups in total. The summed E-state index contributed by atoms with van der Waals surface area (Å²) in [6, 6.07) is 14.3. The van der Waals surface area contributed by atoms with E-state index in [9.17, 15) is 9.18 Å². The lowest BCUT2D eigenvalue weighted by Crippen LogP contribution is -2.36. The molecular weight excluding hydrogens is 325 g/mol. The topological polar surface area (TPSA) is 20.3 Å². The summed E-state index contributed by atoms with van der Waals surface area (Å²) < 4.78 is 13.3. The Kier molecular flexibility index (Phi) is 5.16. The fourth-order valence-electron chi connectivity index (χ4n) is 4.53. The highest BCUT2D eigenvalue weighted by atomic mass is 19.1. The van der Waals surface area contributed by atoms with Crippen molar-refractivity contribution in [2.75, 3.05) is 13.1 Å². The van der Waals surface area contributed by atoms with E-state index in [1.165, 1.54) is 29.2 Å². The van der Waals surface area contributed by atoms with Gasteiger partial charge in [0.25, 0.3) is 0 Å². The van der Waals surface area contributed by atoms with E-state index in [-0.39, 0.29) is 11.7 Å². The molecule has 0 amide bonds. The molecule has 1 fully saturated rings. The molecule has 0 spiro atoms. The van der Waals surface area contributed by atoms with Crippen molar-refractivity contribution < 1.29 is 9.18 Å². The molecule has 2 aromatic carbocycles. The minimum atomic E-state index is -0.155. The predicted octanol–water partition coefficient (Wildman–Crippen LogP) is 4.51. The quantitative estimate of drug-likeness (QED) is 0.739. The number of halogens is 1. The number of likely N-dealkylation sites (tertiary alicyclic amines) is 1. The Hall–Kier alpha value is -2.00. The molecule has 3 heteroatoms. The molecule has 0 bridgehead atoms. The molecule has 1 heterocycles. The van der Waals surface area contributed by atoms with E-state index in [1.54, 1.807) is 12.1 Å². The number of aldehydes is 1. The second-order valence-electron chi connectivity index (χ2n) is 7.73. The van der Waals surface area contributed by atoms with Gasteiger partial charge >= 0.3 is 0 Å². The summed E-state index contributed by atoms with van der Waals surface area (Å²) in [5, 5.41) is 0. The van der Waals surface area contributed by atoms with Crippen molar-refractivity contribution in [3.63, 3.8) is 0 Å². The van der Waals surface area contributed by atoms with Crippen LogP contribution in [0.15, 0.2) is 42.5 Å². The first kappa shape index (κ1) is 17.4. The number of carbonyl (C=O) groups excluding carboxylic acids is 1. The van der Waals surface area contributed by atoms with Crippen LogP contribution in [0, 0.1) is 11.7 Å². The van der Waals surface area contributed by atoms with E-state index in [1.807, 2.05) is 6.07 Å². The Labute approximate surface area is 155 Å². The summed E-state index contributed by atoms with van der Waals surface area (Å²) in [7, 11) is 0. The highest BCUT2D eigenvalue weighted by Crippen LogP contribution is 2.38. The molecule has 0 radical (unpaired) electrons. The number of benzene rings is 2. The number of hydrogen-bond acceptors (Lipinski definition) is 2. The SMILES string of the molecule is O=CC1CCN(C2CCc3cc(CCc4cccc(F)c4)ccc32)CC1. The van der Waals surface area contributed by atoms with Crippen molar-refractivity contribution in [1.82, 2.24) is 4.90 Å². The third kappa shape index (κ3) is 3.73. The first-order chi connectivity index (χ1) is 12.7. The molecular formula is C23H26FNO. The average Bonchev–Trinajstić information content (AvgIpc) is 3.10. The van der Waals surface area contributed by atoms with Crippen LogP contribution in [0.4, 0.5) is 4.39 Å². The number of hydrogen-bond donors (Lipinski definition) is 0. The largest absolute Gasteiger partial charge is 0.303 e. The summed E-state index contributed by atoms with van der Waals surface area (Å²) in [6.45, 7) is 2.07. The zero-order chi connectivity index (χ0) is 17.9. The van der Waals surface area contributed by atoms with Crippen LogP contribution in [0.1, 0.15) is 47.6 Å². The number of rotatable bonds is 5. The van der Waals surface area contributed by atoms with Crippen molar-refractivity contribution in [3.8, 4) is 0 Å². The molecule has 4 rings (SSSR count). The lowest BCUT2D eigenvalue weighted by atomic mass is 9.95. The van der Waals surface area contributed by atoms with Crippen LogP contribution < -0.4 is 0 Å². The molecule has 1 unspecified atom stereocenters. The summed E-state index contributed by atoms with van der Waals surface area (Å²) >= 11 is 0. The lowest BCUT2D eigenvalue weighted by molar-refractivity contribution is -0.112. The van der Waals surface area contributed by atoms with E-state index in [4.69, 9.17) is 0 Å². The van der Waals surface area contributed by atoms with Gasteiger partial charge in [0.05, 0.1) is 0 Å². The van der Waals surface area contributed by atoms with E-state index in [0.717, 1.165) is 57.0 Å². The van der Waals surface area contributed by atoms with Gasteiger partial charge < -0.3 is 4.79 Å². The Balaban J connectivity index is 1.41. The van der Waals surface area contributed by atoms with E-state index in [0.29, 0.717) is 6.04 Å². The number of aryl methyl sites for hydroxylation is 3. The number of piperidine rings is 1. The van der Waals surface area contributed by atoms with Crippen LogP contribution in [-0.2, 0) is 24.1 Å². The minimum Gasteiger partial charge on any atom is -0.303 e. The first-order valence-corrected chi connectivity index (χ1v) is 9.78. The van der Waals surface area contributed by atoms with E-state index >= 15 is 0 Å². The fraction of sp³-hybridized carbons (Fsp3) is 0.435. The van der Waals surface area contributed by atoms with Gasteiger partial charge in [0.2, 0.25) is 0 Å². The molecule has 1 atom stereocenters. The van der Waals surface area contributed by atoms with E-state index < -0.39 is 0 Å². The van der Waals surface area contributed by atoms with Gasteiger partial charge in [-0.15, -0.1) is 0 Å². The molecule has 2 aliphatic rings. The highest BCUT2D eigenvalue weighted by Gasteiger charge is 2.30. The predicted molar refractivity (Wildman–Crippen MR) is 102 cm³/mol. The first-order valence-electron chi connectivity index (χ1n) is 9.78. The lowest BCUT2D eigenvalue weighted by Gasteiger charge is -2.34. The molecule has 1 saturated heterocycles. The minimum absolute atomic E-state index is 0.155. The Morgan fingerprint density at radius 2 is 1.77 bits per heavy atom. The third-order valence-electron chi connectivity index (χ3n) is 6.05. The zero-order valence-corrected chi connectivity index (χ0v) is 15.2. The Morgan fingerprint density at radius 1 is 1.00 bits per heavy atom. The van der Waals surface area contributed by atoms with Crippen LogP contribution in [0.3, 0.4) is 0 Å². The summed E-state index contributed by atoms with van der Waals surface area (Å²) in [6.07, 6.45) is 7.29. The number of nitrogens with zero attached hydrogens (tertiary/aromatic N) is 1. The second kappa shape index (κ2) is 7.71. The Morgan fingerprint density at radius 3 is 2.50 bits per heavy atom. The van der Waals surface area contributed by atoms with Crippen LogP contribution >= 0.6 is 0 Å². The standard InChI is InChI=1S/C23H26FNO/c24-21-3-1-2-17(15-21)4-5-18-6-8-22-20(14-18)7-9-23(22)25-12-10-19(16-26)11-13-25/h1-3,6,8,14-16,19,23H,4-5,7,9-13H2. The second-order valence-corrected chi connectivity index (χ2v) is 7.73. The molecule has 2 nitrogen and oxygen atoms in total. The van der Waals surface area contributed by atoms with Crippen LogP contribution in [0.2, 0.25) is 0 Å². The normalized spacial score (nSPS) is 20.9. The van der Waals surface area contributed by atoms with Crippen LogP contribution in [0.5, 0.6) is 0 Å². The molecule has 1 aliphatic heterocycles. The van der Waals surface area contributed by atoms with Crippen LogP contribution in [-0.4, -0.2) is 24.3 Å². The van der Waals surface area contributed by atoms with E-state index in [2.05, 4.69) is 23.1 Å². The third-order valence-corrected chi connectivity index (χ3v) is 6.05. The smallest absolute Gasteiger partial charge is 0.123 e. The maximum atomic E-state index is 13.3. The molecule has 1 aliphatic carbocycles. The van der Waals surface area contributed by atoms with Gasteiger partial charge in [-0.1, -0.05) is 30.3 Å². The van der Waals surface area contributed by atoms with Crippen LogP contribution in [0.25, 0.3) is 0 Å². The molecule has 2 aromatic rings. The van der Waals surface area contributed by atoms with Crippen molar-refractivity contribution in [3.05, 3.63) is 70.5 Å². The summed E-state index contributed by atoms with van der Waals surface area (Å²) in [5.41, 5.74) is 5.35.